The maximum atomic E-state index is 12.8. The second-order valence-electron chi connectivity index (χ2n) is 36.8. The number of hydrogen-bond donors (Lipinski definition) is 9. The van der Waals surface area contributed by atoms with Crippen LogP contribution in [0.2, 0.25) is 0 Å². The van der Waals surface area contributed by atoms with Gasteiger partial charge in [-0.1, -0.05) is 191 Å². The van der Waals surface area contributed by atoms with Crippen LogP contribution >= 0.6 is 0 Å². The second-order valence-corrected chi connectivity index (χ2v) is 38.7. The summed E-state index contributed by atoms with van der Waals surface area (Å²) in [6.07, 6.45) is 20.2. The van der Waals surface area contributed by atoms with Crippen molar-refractivity contribution in [2.75, 3.05) is 99.9 Å². The fourth-order valence-electron chi connectivity index (χ4n) is 20.5. The Balaban J connectivity index is 0.000000137. The highest BCUT2D eigenvalue weighted by molar-refractivity contribution is 7.89. The van der Waals surface area contributed by atoms with Crippen LogP contribution in [0.4, 0.5) is 0 Å². The summed E-state index contributed by atoms with van der Waals surface area (Å²) in [6, 6.07) is 68.5. The third-order valence-corrected chi connectivity index (χ3v) is 30.0. The Hall–Kier alpha value is -15.1. The van der Waals surface area contributed by atoms with Crippen molar-refractivity contribution in [1.29, 1.82) is 0 Å². The van der Waals surface area contributed by atoms with Gasteiger partial charge in [0.05, 0.1) is 61.1 Å². The number of piperidine rings is 5. The number of aromatic nitrogens is 16. The van der Waals surface area contributed by atoms with E-state index in [0.29, 0.717) is 41.9 Å². The lowest BCUT2D eigenvalue weighted by atomic mass is 9.83. The Morgan fingerprint density at radius 2 is 0.622 bits per heavy atom. The average molecular weight is 2020 g/mol. The number of methoxy groups -OCH3 is 3. The number of aryl methyl sites for hydroxylation is 2. The van der Waals surface area contributed by atoms with Crippen molar-refractivity contribution >= 4 is 37.9 Å². The van der Waals surface area contributed by atoms with Gasteiger partial charge in [-0.3, -0.25) is 0 Å². The number of hydrogen-bond acceptors (Lipinski definition) is 29. The molecule has 34 nitrogen and oxygen atoms in total. The molecule has 4 aromatic heterocycles. The Kier molecular flexibility index (Phi) is 33.5. The number of fused-ring (bicyclic) bond motifs is 5. The maximum Gasteiger partial charge on any atom is 0.243 e. The lowest BCUT2D eigenvalue weighted by Crippen LogP contribution is -2.46. The van der Waals surface area contributed by atoms with Gasteiger partial charge in [0.1, 0.15) is 85.5 Å². The van der Waals surface area contributed by atoms with Crippen molar-refractivity contribution in [1.82, 2.24) is 113 Å². The van der Waals surface area contributed by atoms with Crippen LogP contribution in [0.25, 0.3) is 73.4 Å². The quantitative estimate of drug-likeness (QED) is 0.0434. The summed E-state index contributed by atoms with van der Waals surface area (Å²) in [5, 5.41) is 90.5. The van der Waals surface area contributed by atoms with E-state index in [0.717, 1.165) is 276 Å². The summed E-state index contributed by atoms with van der Waals surface area (Å²) >= 11 is 0. The lowest BCUT2D eigenvalue weighted by Gasteiger charge is -2.40. The van der Waals surface area contributed by atoms with Crippen LogP contribution in [-0.4, -0.2) is 232 Å². The van der Waals surface area contributed by atoms with E-state index in [1.807, 2.05) is 154 Å². The van der Waals surface area contributed by atoms with E-state index in [-0.39, 0.29) is 75.9 Å². The van der Waals surface area contributed by atoms with E-state index in [2.05, 4.69) is 178 Å². The van der Waals surface area contributed by atoms with Gasteiger partial charge in [-0.25, -0.2) is 13.1 Å². The molecule has 0 atom stereocenters. The summed E-state index contributed by atoms with van der Waals surface area (Å²) in [4.78, 5) is 1.74. The molecule has 5 fully saturated rings. The number of rotatable bonds is 16. The van der Waals surface area contributed by atoms with E-state index >= 15 is 0 Å². The number of nitrogens with zero attached hydrogens (tertiary/aromatic N) is 15. The lowest BCUT2D eigenvalue weighted by molar-refractivity contribution is 0.0810. The van der Waals surface area contributed by atoms with Crippen LogP contribution in [0.1, 0.15) is 171 Å². The fraction of sp³-hybridized carbons (Fsp3) is 0.345. The molecule has 10 aliphatic rings. The Morgan fingerprint density at radius 3 is 0.892 bits per heavy atom. The van der Waals surface area contributed by atoms with Crippen LogP contribution in [0.3, 0.4) is 0 Å². The third kappa shape index (κ3) is 22.1. The summed E-state index contributed by atoms with van der Waals surface area (Å²) < 4.78 is 78.0. The minimum atomic E-state index is -3.51. The molecule has 0 saturated carbocycles. The summed E-state index contributed by atoms with van der Waals surface area (Å²) in [6.45, 7) is 13.7. The number of phenols is 2. The van der Waals surface area contributed by atoms with Gasteiger partial charge in [0, 0.05) is 107 Å². The molecule has 9 N–H and O–H groups in total. The zero-order valence-electron chi connectivity index (χ0n) is 80.7. The van der Waals surface area contributed by atoms with Crippen molar-refractivity contribution in [2.45, 2.75) is 148 Å². The number of aromatic amines is 2. The van der Waals surface area contributed by atoms with Crippen LogP contribution < -0.4 is 64.5 Å². The Bertz CT molecular complexity index is 7160. The van der Waals surface area contributed by atoms with Crippen LogP contribution in [0, 0.1) is 0 Å². The first-order chi connectivity index (χ1) is 69.8. The van der Waals surface area contributed by atoms with Gasteiger partial charge in [0.15, 0.2) is 5.82 Å². The zero-order chi connectivity index (χ0) is 98.3. The number of tetrazole rings is 4. The number of H-pyrrole nitrogens is 2. The van der Waals surface area contributed by atoms with E-state index in [4.69, 9.17) is 37.9 Å². The van der Waals surface area contributed by atoms with E-state index in [9.17, 15) is 18.6 Å². The second kappa shape index (κ2) is 46.3. The summed E-state index contributed by atoms with van der Waals surface area (Å²) in [5.41, 5.74) is 17.0. The molecule has 5 saturated heterocycles. The van der Waals surface area contributed by atoms with Gasteiger partial charge in [-0.15, -0.1) is 35.7 Å². The molecule has 0 amide bonds. The predicted molar refractivity (Wildman–Crippen MR) is 576 cm³/mol. The largest absolute Gasteiger partial charge is 0.507 e. The smallest absolute Gasteiger partial charge is 0.243 e. The highest BCUT2D eigenvalue weighted by atomic mass is 32.2. The Labute approximate surface area is 865 Å². The van der Waals surface area contributed by atoms with Crippen LogP contribution in [0.15, 0.2) is 248 Å². The van der Waals surface area contributed by atoms with Crippen LogP contribution in [0.5, 0.6) is 57.5 Å². The molecule has 14 heterocycles. The van der Waals surface area contributed by atoms with Gasteiger partial charge in [-0.2, -0.15) is 19.5 Å². The minimum Gasteiger partial charge on any atom is -0.507 e. The maximum absolute atomic E-state index is 12.8. The molecular formula is C113H134N22O12S. The molecule has 24 rings (SSSR count). The first-order valence-corrected chi connectivity index (χ1v) is 50.0. The Morgan fingerprint density at radius 1 is 0.345 bits per heavy atom. The van der Waals surface area contributed by atoms with E-state index < -0.39 is 15.6 Å². The molecule has 5 spiro atoms. The molecule has 0 unspecified atom stereocenters. The molecule has 10 aromatic carbocycles. The van der Waals surface area contributed by atoms with Gasteiger partial charge in [0.25, 0.3) is 0 Å². The standard InChI is InChI=1S/C23H28N2O4S.2C22H23N5O2.C21H21N5O2.C20H19N5O2.5CH4/c1-3-25(4-2)30(27,28)18-10-8-17(9-11-18)19-16-23(12-14-24-15-13-23)29-21-7-5-6-20(26)22(19)21;1-27-21(24-25-26-27)16-8-6-15(7-9-16)17-14-22(10-12-23-13-11-22)29-19-5-3-4-18(28-2)20(17)19;1-27-25-21(24-26-27)16-8-6-15(7-9-16)17-14-22(10-12-23-13-11-22)29-19-5-3-4-18(28-2)20(17)19;1-27-17-3-2-4-18-19(17)16(13-21(28-18)9-11-22-12-10-21)14-5-7-15(8-6-14)20-23-25-26-24-20;26-16-2-1-3-17-18(16)15(12-20(27-17)8-10-21-11-9-20)13-4-6-14(7-5-13)19-22-24-25-23-19;;;;;/h5-11,16,24,26H,3-4,12-15H2,1-2H3;2*3-9,14,23H,10-13H2,1-2H3;2-8,13,22H,9-12H2,1H3,(H,23,24,25,26);1-7,12,21,26H,8-11H2,(H,22,23,24,25);5*1H4. The van der Waals surface area contributed by atoms with E-state index in [1.54, 1.807) is 63.4 Å². The zero-order valence-corrected chi connectivity index (χ0v) is 81.6. The third-order valence-electron chi connectivity index (χ3n) is 28.0. The number of sulfonamides is 1. The first kappa shape index (κ1) is 107. The van der Waals surface area contributed by atoms with Crippen LogP contribution in [-0.2, 0) is 24.1 Å². The molecule has 0 bridgehead atoms. The highest BCUT2D eigenvalue weighted by Crippen LogP contribution is 2.54. The molecule has 14 aromatic rings. The molecule has 148 heavy (non-hydrogen) atoms. The first-order valence-electron chi connectivity index (χ1n) is 48.6. The summed E-state index contributed by atoms with van der Waals surface area (Å²) in [5.74, 6) is 9.36. The normalized spacial score (nSPS) is 17.0. The molecule has 774 valence electrons. The number of benzene rings is 10. The molecule has 0 aliphatic carbocycles. The van der Waals surface area contributed by atoms with Crippen molar-refractivity contribution < 1.29 is 56.5 Å². The van der Waals surface area contributed by atoms with E-state index in [1.165, 1.54) is 9.10 Å². The van der Waals surface area contributed by atoms with Gasteiger partial charge >= 0.3 is 0 Å². The highest BCUT2D eigenvalue weighted by Gasteiger charge is 2.45. The molecule has 35 heteroatoms. The molecule has 0 radical (unpaired) electrons. The van der Waals surface area contributed by atoms with Crippen molar-refractivity contribution in [2.24, 2.45) is 14.1 Å². The topological polar surface area (TPSA) is 408 Å². The number of nitrogens with one attached hydrogen (secondary N) is 7. The number of ether oxygens (including phenoxy) is 8. The summed E-state index contributed by atoms with van der Waals surface area (Å²) in [7, 11) is 5.19. The monoisotopic (exact) mass is 2020 g/mol. The average Bonchev–Trinajstić information content (AvgIpc) is 0.926. The SMILES string of the molecule is C.C.C.C.C.CCN(CC)S(=O)(=O)c1ccc(C2=CC3(CCNCC3)Oc3cccc(O)c32)cc1.COc1cccc2c1C(c1ccc(-c3nn[nH]n3)cc1)=CC1(CCNCC1)O2.COc1cccc2c1C(c1ccc(-c3nnn(C)n3)cc1)=CC1(CCNCC1)O2.COc1cccc2c1C(c1ccc(-c3nnnn3C)cc1)=CC1(CCNCC1)O2.Oc1cccc2c1C(c1ccc(-c3nn[nH]n3)cc1)=CC1(CCNCC1)O2. The van der Waals surface area contributed by atoms with Crippen molar-refractivity contribution in [3.05, 3.63) is 298 Å². The number of aromatic hydroxyl groups is 2. The van der Waals surface area contributed by atoms with Crippen molar-refractivity contribution in [3.63, 3.8) is 0 Å². The van der Waals surface area contributed by atoms with Gasteiger partial charge < -0.3 is 74.7 Å². The minimum absolute atomic E-state index is 0. The predicted octanol–water partition coefficient (Wildman–Crippen LogP) is 17.6. The fourth-order valence-corrected chi connectivity index (χ4v) is 22.0. The van der Waals surface area contributed by atoms with Gasteiger partial charge in [-0.05, 0) is 250 Å². The van der Waals surface area contributed by atoms with Gasteiger partial charge in [0.2, 0.25) is 27.5 Å². The molecular weight excluding hydrogens is 1890 g/mol. The van der Waals surface area contributed by atoms with Crippen molar-refractivity contribution in [3.8, 4) is 103 Å². The molecule has 10 aliphatic heterocycles. The number of phenolic OH excluding ortho intramolecular Hbond substituents is 2.